The van der Waals surface area contributed by atoms with Crippen molar-refractivity contribution >= 4 is 28.4 Å². The zero-order valence-corrected chi connectivity index (χ0v) is 10.2. The monoisotopic (exact) mass is 255 g/mol. The summed E-state index contributed by atoms with van der Waals surface area (Å²) < 4.78 is 9.60. The minimum absolute atomic E-state index is 0.356. The van der Waals surface area contributed by atoms with Crippen molar-refractivity contribution < 1.29 is 9.53 Å². The molecule has 4 heteroatoms. The summed E-state index contributed by atoms with van der Waals surface area (Å²) >= 11 is 1.19. The van der Waals surface area contributed by atoms with Crippen molar-refractivity contribution in [2.75, 3.05) is 0 Å². The zero-order valence-electron chi connectivity index (χ0n) is 9.37. The van der Waals surface area contributed by atoms with E-state index in [-0.39, 0.29) is 5.97 Å². The highest BCUT2D eigenvalue weighted by Gasteiger charge is 2.12. The first-order valence-electron chi connectivity index (χ1n) is 5.46. The lowest BCUT2D eigenvalue weighted by Gasteiger charge is -2.01. The van der Waals surface area contributed by atoms with Crippen LogP contribution < -0.4 is 4.74 Å². The Hall–Kier alpha value is -2.20. The highest BCUT2D eigenvalue weighted by Crippen LogP contribution is 2.30. The van der Waals surface area contributed by atoms with Gasteiger partial charge >= 0.3 is 5.97 Å². The summed E-state index contributed by atoms with van der Waals surface area (Å²) in [6, 6.07) is 16.5. The summed E-state index contributed by atoms with van der Waals surface area (Å²) in [5.74, 6) is -0.356. The predicted molar refractivity (Wildman–Crippen MR) is 71.0 cm³/mol. The summed E-state index contributed by atoms with van der Waals surface area (Å²) in [4.78, 5) is 11.9. The molecule has 0 aliphatic carbocycles. The van der Waals surface area contributed by atoms with Crippen LogP contribution in [0.3, 0.4) is 0 Å². The Kier molecular flexibility index (Phi) is 2.78. The number of rotatable bonds is 2. The second-order valence-electron chi connectivity index (χ2n) is 3.74. The number of fused-ring (bicyclic) bond motifs is 1. The van der Waals surface area contributed by atoms with Gasteiger partial charge in [-0.05, 0) is 24.3 Å². The van der Waals surface area contributed by atoms with Gasteiger partial charge in [0.25, 0.3) is 0 Å². The van der Waals surface area contributed by atoms with Crippen molar-refractivity contribution in [3.05, 3.63) is 60.2 Å². The fourth-order valence-electron chi connectivity index (χ4n) is 1.66. The predicted octanol–water partition coefficient (Wildman–Crippen LogP) is 3.52. The second kappa shape index (κ2) is 4.58. The Morgan fingerprint density at radius 1 is 1.00 bits per heavy atom. The quantitative estimate of drug-likeness (QED) is 0.658. The molecule has 0 aliphatic heterocycles. The van der Waals surface area contributed by atoms with Crippen LogP contribution in [0.25, 0.3) is 10.9 Å². The van der Waals surface area contributed by atoms with Gasteiger partial charge in [0.15, 0.2) is 0 Å². The highest BCUT2D eigenvalue weighted by molar-refractivity contribution is 7.09. The number of hydrogen-bond acceptors (Lipinski definition) is 4. The second-order valence-corrected chi connectivity index (χ2v) is 4.48. The molecule has 0 radical (unpaired) electrons. The van der Waals surface area contributed by atoms with E-state index in [9.17, 15) is 4.79 Å². The van der Waals surface area contributed by atoms with Crippen LogP contribution in [-0.4, -0.2) is 10.3 Å². The maximum absolute atomic E-state index is 11.9. The van der Waals surface area contributed by atoms with E-state index in [1.54, 1.807) is 24.3 Å². The Morgan fingerprint density at radius 2 is 1.72 bits per heavy atom. The van der Waals surface area contributed by atoms with Gasteiger partial charge in [-0.15, -0.1) is 0 Å². The number of carbonyl (C=O) groups is 1. The minimum Gasteiger partial charge on any atom is -0.410 e. The lowest BCUT2D eigenvalue weighted by Crippen LogP contribution is -2.07. The molecule has 0 spiro atoms. The van der Waals surface area contributed by atoms with Crippen molar-refractivity contribution in [2.24, 2.45) is 0 Å². The van der Waals surface area contributed by atoms with E-state index in [4.69, 9.17) is 4.74 Å². The third kappa shape index (κ3) is 1.98. The van der Waals surface area contributed by atoms with Gasteiger partial charge in [-0.25, -0.2) is 4.79 Å². The maximum Gasteiger partial charge on any atom is 0.344 e. The molecule has 3 nitrogen and oxygen atoms in total. The van der Waals surface area contributed by atoms with E-state index in [0.29, 0.717) is 10.6 Å². The van der Waals surface area contributed by atoms with Gasteiger partial charge in [-0.2, -0.15) is 4.37 Å². The van der Waals surface area contributed by atoms with Gasteiger partial charge in [0, 0.05) is 11.5 Å². The summed E-state index contributed by atoms with van der Waals surface area (Å²) in [5.41, 5.74) is 1.38. The fraction of sp³-hybridized carbons (Fsp3) is 0. The van der Waals surface area contributed by atoms with Crippen molar-refractivity contribution in [3.63, 3.8) is 0 Å². The molecule has 0 atom stereocenters. The molecule has 1 heterocycles. The molecule has 3 rings (SSSR count). The molecule has 0 amide bonds. The Balaban J connectivity index is 1.91. The van der Waals surface area contributed by atoms with E-state index in [1.807, 2.05) is 30.3 Å². The largest absolute Gasteiger partial charge is 0.410 e. The lowest BCUT2D eigenvalue weighted by molar-refractivity contribution is 0.0742. The lowest BCUT2D eigenvalue weighted by atomic mass is 10.2. The van der Waals surface area contributed by atoms with Crippen LogP contribution in [0.4, 0.5) is 0 Å². The smallest absolute Gasteiger partial charge is 0.344 e. The molecule has 0 saturated heterocycles. The van der Waals surface area contributed by atoms with Crippen LogP contribution >= 0.6 is 11.5 Å². The standard InChI is InChI=1S/C14H9NO2S/c16-13(10-6-2-1-3-7-10)17-14-11-8-4-5-9-12(11)15-18-14/h1-9H. The molecule has 3 aromatic rings. The van der Waals surface area contributed by atoms with E-state index in [2.05, 4.69) is 4.37 Å². The Morgan fingerprint density at radius 3 is 2.56 bits per heavy atom. The fourth-order valence-corrected chi connectivity index (χ4v) is 2.38. The van der Waals surface area contributed by atoms with Crippen LogP contribution in [0, 0.1) is 0 Å². The van der Waals surface area contributed by atoms with Crippen LogP contribution in [0.5, 0.6) is 5.06 Å². The summed E-state index contributed by atoms with van der Waals surface area (Å²) in [6.07, 6.45) is 0. The third-order valence-electron chi connectivity index (χ3n) is 2.55. The molecule has 2 aromatic carbocycles. The van der Waals surface area contributed by atoms with Crippen LogP contribution in [0.1, 0.15) is 10.4 Å². The number of carbonyl (C=O) groups excluding carboxylic acids is 1. The molecular formula is C14H9NO2S. The number of benzene rings is 2. The first kappa shape index (κ1) is 10.9. The number of esters is 1. The van der Waals surface area contributed by atoms with Crippen molar-refractivity contribution in [3.8, 4) is 5.06 Å². The van der Waals surface area contributed by atoms with Gasteiger partial charge < -0.3 is 4.74 Å². The molecule has 0 unspecified atom stereocenters. The molecular weight excluding hydrogens is 246 g/mol. The van der Waals surface area contributed by atoms with E-state index in [1.165, 1.54) is 11.5 Å². The molecule has 0 bridgehead atoms. The average Bonchev–Trinajstić information content (AvgIpc) is 2.83. The van der Waals surface area contributed by atoms with Gasteiger partial charge in [0.05, 0.1) is 16.5 Å². The molecule has 18 heavy (non-hydrogen) atoms. The summed E-state index contributed by atoms with van der Waals surface area (Å²) in [6.45, 7) is 0. The van der Waals surface area contributed by atoms with Gasteiger partial charge in [0.2, 0.25) is 5.06 Å². The minimum atomic E-state index is -0.356. The first-order valence-corrected chi connectivity index (χ1v) is 6.23. The van der Waals surface area contributed by atoms with Gasteiger partial charge in [-0.3, -0.25) is 0 Å². The summed E-state index contributed by atoms with van der Waals surface area (Å²) in [7, 11) is 0. The molecule has 1 aromatic heterocycles. The van der Waals surface area contributed by atoms with Crippen LogP contribution in [0.15, 0.2) is 54.6 Å². The molecule has 0 fully saturated rings. The topological polar surface area (TPSA) is 39.2 Å². The van der Waals surface area contributed by atoms with Crippen molar-refractivity contribution in [1.82, 2.24) is 4.37 Å². The first-order chi connectivity index (χ1) is 8.84. The maximum atomic E-state index is 11.9. The SMILES string of the molecule is O=C(Oc1snc2ccccc12)c1ccccc1. The average molecular weight is 255 g/mol. The molecule has 0 saturated carbocycles. The van der Waals surface area contributed by atoms with E-state index < -0.39 is 0 Å². The van der Waals surface area contributed by atoms with Crippen molar-refractivity contribution in [1.29, 1.82) is 0 Å². The van der Waals surface area contributed by atoms with Crippen LogP contribution in [0.2, 0.25) is 0 Å². The third-order valence-corrected chi connectivity index (χ3v) is 3.30. The number of aromatic nitrogens is 1. The normalized spacial score (nSPS) is 10.4. The molecule has 0 N–H and O–H groups in total. The zero-order chi connectivity index (χ0) is 12.4. The van der Waals surface area contributed by atoms with Crippen LogP contribution in [-0.2, 0) is 0 Å². The Bertz CT molecular complexity index is 691. The highest BCUT2D eigenvalue weighted by atomic mass is 32.1. The molecule has 0 aliphatic rings. The van der Waals surface area contributed by atoms with E-state index in [0.717, 1.165) is 10.9 Å². The molecule has 88 valence electrons. The summed E-state index contributed by atoms with van der Waals surface area (Å²) in [5, 5.41) is 1.41. The van der Waals surface area contributed by atoms with Gasteiger partial charge in [-0.1, -0.05) is 30.3 Å². The Labute approximate surface area is 108 Å². The van der Waals surface area contributed by atoms with Crippen molar-refractivity contribution in [2.45, 2.75) is 0 Å². The number of nitrogens with zero attached hydrogens (tertiary/aromatic N) is 1. The number of ether oxygens (including phenoxy) is 1. The van der Waals surface area contributed by atoms with E-state index >= 15 is 0 Å². The number of hydrogen-bond donors (Lipinski definition) is 0. The van der Waals surface area contributed by atoms with Gasteiger partial charge in [0.1, 0.15) is 0 Å².